The van der Waals surface area contributed by atoms with Crippen molar-refractivity contribution in [3.8, 4) is 22.8 Å². The van der Waals surface area contributed by atoms with E-state index < -0.39 is 0 Å². The maximum Gasteiger partial charge on any atom is 0.196 e. The second-order valence-corrected chi connectivity index (χ2v) is 9.06. The van der Waals surface area contributed by atoms with Crippen molar-refractivity contribution in [1.82, 2.24) is 14.8 Å². The highest BCUT2D eigenvalue weighted by molar-refractivity contribution is 7.99. The summed E-state index contributed by atoms with van der Waals surface area (Å²) in [6.45, 7) is 6.56. The molecule has 7 heteroatoms. The van der Waals surface area contributed by atoms with Crippen molar-refractivity contribution < 1.29 is 9.53 Å². The first-order valence-electron chi connectivity index (χ1n) is 9.32. The van der Waals surface area contributed by atoms with E-state index in [9.17, 15) is 4.79 Å². The number of thioether (sulfide) groups is 1. The smallest absolute Gasteiger partial charge is 0.196 e. The van der Waals surface area contributed by atoms with Crippen molar-refractivity contribution in [3.05, 3.63) is 53.1 Å². The van der Waals surface area contributed by atoms with Gasteiger partial charge in [0.2, 0.25) is 0 Å². The van der Waals surface area contributed by atoms with Gasteiger partial charge in [0.05, 0.1) is 17.8 Å². The highest BCUT2D eigenvalue weighted by atomic mass is 35.5. The second-order valence-electron chi connectivity index (χ2n) is 7.59. The van der Waals surface area contributed by atoms with Crippen LogP contribution in [0.4, 0.5) is 0 Å². The first-order valence-corrected chi connectivity index (χ1v) is 10.7. The molecule has 152 valence electrons. The van der Waals surface area contributed by atoms with E-state index in [-0.39, 0.29) is 5.41 Å². The average Bonchev–Trinajstić information content (AvgIpc) is 3.11. The fraction of sp³-hybridized carbons (Fsp3) is 0.318. The lowest BCUT2D eigenvalue weighted by Crippen LogP contribution is -2.10. The van der Waals surface area contributed by atoms with Crippen molar-refractivity contribution in [3.63, 3.8) is 0 Å². The molecule has 0 aliphatic rings. The molecule has 0 bridgehead atoms. The van der Waals surface area contributed by atoms with E-state index in [4.69, 9.17) is 16.3 Å². The Balaban J connectivity index is 2.07. The van der Waals surface area contributed by atoms with E-state index in [2.05, 4.69) is 55.2 Å². The summed E-state index contributed by atoms with van der Waals surface area (Å²) in [6.07, 6.45) is 1.36. The lowest BCUT2D eigenvalue weighted by Gasteiger charge is -2.19. The Kier molecular flexibility index (Phi) is 6.65. The SMILES string of the molecule is COc1ccc(-n2c(SCCC=O)nnc2-c2ccc(C(C)(C)C)cc2)cc1Cl. The third-order valence-corrected chi connectivity index (χ3v) is 5.76. The number of hydrogen-bond donors (Lipinski definition) is 0. The molecule has 0 saturated heterocycles. The van der Waals surface area contributed by atoms with Crippen LogP contribution in [0.25, 0.3) is 17.1 Å². The number of nitrogens with zero attached hydrogens (tertiary/aromatic N) is 3. The number of hydrogen-bond acceptors (Lipinski definition) is 5. The van der Waals surface area contributed by atoms with Crippen LogP contribution >= 0.6 is 23.4 Å². The van der Waals surface area contributed by atoms with Crippen LogP contribution in [-0.2, 0) is 10.2 Å². The predicted molar refractivity (Wildman–Crippen MR) is 118 cm³/mol. The highest BCUT2D eigenvalue weighted by Gasteiger charge is 2.19. The minimum Gasteiger partial charge on any atom is -0.495 e. The van der Waals surface area contributed by atoms with E-state index >= 15 is 0 Å². The van der Waals surface area contributed by atoms with E-state index in [0.717, 1.165) is 23.4 Å². The maximum atomic E-state index is 10.7. The number of carbonyl (C=O) groups excluding carboxylic acids is 1. The standard InChI is InChI=1S/C22H24ClN3O2S/c1-22(2,3)16-8-6-15(7-9-16)20-24-25-21(29-13-5-12-27)26(20)17-10-11-19(28-4)18(23)14-17/h6-12,14H,5,13H2,1-4H3. The average molecular weight is 430 g/mol. The number of halogens is 1. The monoisotopic (exact) mass is 429 g/mol. The number of carbonyl (C=O) groups is 1. The first kappa shape index (κ1) is 21.4. The third kappa shape index (κ3) is 4.82. The third-order valence-electron chi connectivity index (χ3n) is 4.50. The van der Waals surface area contributed by atoms with E-state index in [1.807, 2.05) is 22.8 Å². The summed E-state index contributed by atoms with van der Waals surface area (Å²) in [4.78, 5) is 10.7. The largest absolute Gasteiger partial charge is 0.495 e. The van der Waals surface area contributed by atoms with E-state index in [0.29, 0.717) is 28.1 Å². The topological polar surface area (TPSA) is 57.0 Å². The summed E-state index contributed by atoms with van der Waals surface area (Å²) in [5, 5.41) is 10.0. The number of methoxy groups -OCH3 is 1. The predicted octanol–water partition coefficient (Wildman–Crippen LogP) is 5.57. The van der Waals surface area contributed by atoms with Gasteiger partial charge in [-0.25, -0.2) is 0 Å². The van der Waals surface area contributed by atoms with Gasteiger partial charge in [0.1, 0.15) is 12.0 Å². The summed E-state index contributed by atoms with van der Waals surface area (Å²) >= 11 is 7.85. The zero-order valence-electron chi connectivity index (χ0n) is 17.0. The molecule has 1 aromatic heterocycles. The molecule has 1 heterocycles. The molecular formula is C22H24ClN3O2S. The molecule has 0 aliphatic carbocycles. The zero-order chi connectivity index (χ0) is 21.0. The summed E-state index contributed by atoms with van der Waals surface area (Å²) in [6, 6.07) is 13.9. The molecule has 0 amide bonds. The Hall–Kier alpha value is -2.31. The number of rotatable bonds is 7. The quantitative estimate of drug-likeness (QED) is 0.279. The van der Waals surface area contributed by atoms with Gasteiger partial charge < -0.3 is 9.53 Å². The van der Waals surface area contributed by atoms with Crippen LogP contribution in [0.15, 0.2) is 47.6 Å². The van der Waals surface area contributed by atoms with Gasteiger partial charge in [-0.15, -0.1) is 10.2 Å². The van der Waals surface area contributed by atoms with Gasteiger partial charge in [0.25, 0.3) is 0 Å². The number of aromatic nitrogens is 3. The minimum absolute atomic E-state index is 0.0750. The fourth-order valence-corrected chi connectivity index (χ4v) is 3.96. The summed E-state index contributed by atoms with van der Waals surface area (Å²) in [5.74, 6) is 1.96. The van der Waals surface area contributed by atoms with Gasteiger partial charge in [-0.3, -0.25) is 4.57 Å². The van der Waals surface area contributed by atoms with Crippen molar-refractivity contribution in [1.29, 1.82) is 0 Å². The lowest BCUT2D eigenvalue weighted by molar-refractivity contribution is -0.107. The number of benzene rings is 2. The van der Waals surface area contributed by atoms with Crippen LogP contribution in [-0.4, -0.2) is 33.9 Å². The van der Waals surface area contributed by atoms with Crippen LogP contribution in [0.1, 0.15) is 32.8 Å². The Morgan fingerprint density at radius 3 is 2.45 bits per heavy atom. The molecule has 29 heavy (non-hydrogen) atoms. The minimum atomic E-state index is 0.0750. The molecule has 0 fully saturated rings. The molecule has 3 rings (SSSR count). The summed E-state index contributed by atoms with van der Waals surface area (Å²) in [7, 11) is 1.59. The normalized spacial score (nSPS) is 11.5. The van der Waals surface area contributed by atoms with Crippen LogP contribution in [0.2, 0.25) is 5.02 Å². The Labute approximate surface area is 180 Å². The Bertz CT molecular complexity index is 994. The molecule has 2 aromatic carbocycles. The molecule has 3 aromatic rings. The van der Waals surface area contributed by atoms with Crippen LogP contribution < -0.4 is 4.74 Å². The molecule has 0 aliphatic heterocycles. The van der Waals surface area contributed by atoms with Crippen LogP contribution in [0.3, 0.4) is 0 Å². The number of aldehydes is 1. The van der Waals surface area contributed by atoms with Crippen molar-refractivity contribution in [2.24, 2.45) is 0 Å². The fourth-order valence-electron chi connectivity index (χ4n) is 2.90. The first-order chi connectivity index (χ1) is 13.8. The molecule has 0 N–H and O–H groups in total. The van der Waals surface area contributed by atoms with Gasteiger partial charge in [-0.1, -0.05) is 68.4 Å². The molecule has 5 nitrogen and oxygen atoms in total. The zero-order valence-corrected chi connectivity index (χ0v) is 18.5. The van der Waals surface area contributed by atoms with Gasteiger partial charge in [-0.05, 0) is 29.2 Å². The lowest BCUT2D eigenvalue weighted by atomic mass is 9.87. The van der Waals surface area contributed by atoms with Crippen molar-refractivity contribution >= 4 is 29.6 Å². The van der Waals surface area contributed by atoms with E-state index in [1.54, 1.807) is 7.11 Å². The Morgan fingerprint density at radius 2 is 1.86 bits per heavy atom. The van der Waals surface area contributed by atoms with Crippen molar-refractivity contribution in [2.75, 3.05) is 12.9 Å². The second kappa shape index (κ2) is 9.01. The van der Waals surface area contributed by atoms with Crippen LogP contribution in [0, 0.1) is 0 Å². The van der Waals surface area contributed by atoms with Crippen molar-refractivity contribution in [2.45, 2.75) is 37.8 Å². The molecule has 0 atom stereocenters. The van der Waals surface area contributed by atoms with Crippen LogP contribution in [0.5, 0.6) is 5.75 Å². The Morgan fingerprint density at radius 1 is 1.14 bits per heavy atom. The molecule has 0 unspecified atom stereocenters. The molecule has 0 radical (unpaired) electrons. The molecule has 0 saturated carbocycles. The van der Waals surface area contributed by atoms with Gasteiger partial charge >= 0.3 is 0 Å². The summed E-state index contributed by atoms with van der Waals surface area (Å²) in [5.41, 5.74) is 3.12. The van der Waals surface area contributed by atoms with Gasteiger partial charge in [0.15, 0.2) is 11.0 Å². The number of ether oxygens (including phenoxy) is 1. The van der Waals surface area contributed by atoms with E-state index in [1.165, 1.54) is 17.3 Å². The van der Waals surface area contributed by atoms with Gasteiger partial charge in [-0.2, -0.15) is 0 Å². The molecule has 0 spiro atoms. The highest BCUT2D eigenvalue weighted by Crippen LogP contribution is 2.33. The van der Waals surface area contributed by atoms with Gasteiger partial charge in [0, 0.05) is 17.7 Å². The summed E-state index contributed by atoms with van der Waals surface area (Å²) < 4.78 is 7.24. The maximum absolute atomic E-state index is 10.7. The molecular weight excluding hydrogens is 406 g/mol.